The van der Waals surface area contributed by atoms with Crippen LogP contribution in [0.4, 0.5) is 0 Å². The number of nitrogens with zero attached hydrogens (tertiary/aromatic N) is 2. The third-order valence-electron chi connectivity index (χ3n) is 6.10. The van der Waals surface area contributed by atoms with Crippen LogP contribution in [-0.4, -0.2) is 49.1 Å². The van der Waals surface area contributed by atoms with E-state index in [4.69, 9.17) is 9.47 Å². The summed E-state index contributed by atoms with van der Waals surface area (Å²) in [6, 6.07) is 23.0. The Balaban J connectivity index is 1.34. The van der Waals surface area contributed by atoms with Gasteiger partial charge < -0.3 is 14.8 Å². The SMILES string of the molecule is COc1ccccc1C(NC(=O)C1CCN(CCOc2ccccc2)CC1)c1ccccn1. The van der Waals surface area contributed by atoms with Crippen LogP contribution >= 0.6 is 0 Å². The lowest BCUT2D eigenvalue weighted by Crippen LogP contribution is -2.43. The summed E-state index contributed by atoms with van der Waals surface area (Å²) in [5, 5.41) is 3.25. The minimum Gasteiger partial charge on any atom is -0.496 e. The van der Waals surface area contributed by atoms with Crippen molar-refractivity contribution in [1.82, 2.24) is 15.2 Å². The molecule has 1 N–H and O–H groups in total. The Morgan fingerprint density at radius 1 is 1.03 bits per heavy atom. The first-order chi connectivity index (χ1) is 16.2. The Labute approximate surface area is 195 Å². The van der Waals surface area contributed by atoms with Crippen molar-refractivity contribution in [3.63, 3.8) is 0 Å². The predicted molar refractivity (Wildman–Crippen MR) is 128 cm³/mol. The maximum atomic E-state index is 13.2. The molecule has 6 nitrogen and oxygen atoms in total. The topological polar surface area (TPSA) is 63.7 Å². The van der Waals surface area contributed by atoms with Gasteiger partial charge in [-0.2, -0.15) is 0 Å². The van der Waals surface area contributed by atoms with Gasteiger partial charge in [0.15, 0.2) is 0 Å². The molecule has 6 heteroatoms. The van der Waals surface area contributed by atoms with Crippen LogP contribution in [0.5, 0.6) is 11.5 Å². The summed E-state index contributed by atoms with van der Waals surface area (Å²) >= 11 is 0. The summed E-state index contributed by atoms with van der Waals surface area (Å²) in [5.74, 6) is 1.68. The molecule has 1 atom stereocenters. The number of ether oxygens (including phenoxy) is 2. The number of amides is 1. The van der Waals surface area contributed by atoms with Crippen molar-refractivity contribution in [1.29, 1.82) is 0 Å². The largest absolute Gasteiger partial charge is 0.496 e. The molecule has 0 bridgehead atoms. The van der Waals surface area contributed by atoms with E-state index in [9.17, 15) is 4.79 Å². The highest BCUT2D eigenvalue weighted by Crippen LogP contribution is 2.30. The van der Waals surface area contributed by atoms with Crippen LogP contribution in [0.25, 0.3) is 0 Å². The molecule has 1 fully saturated rings. The maximum absolute atomic E-state index is 13.2. The van der Waals surface area contributed by atoms with Crippen molar-refractivity contribution in [3.8, 4) is 11.5 Å². The molecule has 0 aliphatic carbocycles. The van der Waals surface area contributed by atoms with Gasteiger partial charge in [-0.25, -0.2) is 0 Å². The quantitative estimate of drug-likeness (QED) is 0.538. The first kappa shape index (κ1) is 22.8. The van der Waals surface area contributed by atoms with Gasteiger partial charge in [-0.3, -0.25) is 14.7 Å². The molecule has 1 unspecified atom stereocenters. The van der Waals surface area contributed by atoms with Crippen molar-refractivity contribution in [3.05, 3.63) is 90.3 Å². The molecular formula is C27H31N3O3. The van der Waals surface area contributed by atoms with Crippen LogP contribution in [0.15, 0.2) is 79.0 Å². The molecule has 1 aromatic heterocycles. The van der Waals surface area contributed by atoms with Crippen LogP contribution in [0.3, 0.4) is 0 Å². The summed E-state index contributed by atoms with van der Waals surface area (Å²) in [6.45, 7) is 3.29. The first-order valence-corrected chi connectivity index (χ1v) is 11.5. The van der Waals surface area contributed by atoms with Crippen LogP contribution in [0.1, 0.15) is 30.1 Å². The molecule has 2 aromatic carbocycles. The molecule has 1 aliphatic rings. The predicted octanol–water partition coefficient (Wildman–Crippen LogP) is 4.09. The lowest BCUT2D eigenvalue weighted by molar-refractivity contribution is -0.127. The summed E-state index contributed by atoms with van der Waals surface area (Å²) < 4.78 is 11.4. The summed E-state index contributed by atoms with van der Waals surface area (Å²) in [5.41, 5.74) is 1.70. The van der Waals surface area contributed by atoms with E-state index in [1.54, 1.807) is 13.3 Å². The maximum Gasteiger partial charge on any atom is 0.224 e. The fraction of sp³-hybridized carbons (Fsp3) is 0.333. The van der Waals surface area contributed by atoms with E-state index in [0.717, 1.165) is 55.2 Å². The highest BCUT2D eigenvalue weighted by Gasteiger charge is 2.28. The molecule has 0 spiro atoms. The van der Waals surface area contributed by atoms with Crippen LogP contribution < -0.4 is 14.8 Å². The average Bonchev–Trinajstić information content (AvgIpc) is 2.88. The smallest absolute Gasteiger partial charge is 0.224 e. The van der Waals surface area contributed by atoms with Gasteiger partial charge in [0.2, 0.25) is 5.91 Å². The van der Waals surface area contributed by atoms with Gasteiger partial charge in [0, 0.05) is 24.2 Å². The first-order valence-electron chi connectivity index (χ1n) is 11.5. The van der Waals surface area contributed by atoms with E-state index in [0.29, 0.717) is 6.61 Å². The molecule has 2 heterocycles. The molecule has 4 rings (SSSR count). The molecule has 3 aromatic rings. The van der Waals surface area contributed by atoms with E-state index >= 15 is 0 Å². The number of methoxy groups -OCH3 is 1. The molecule has 1 amide bonds. The third kappa shape index (κ3) is 6.11. The van der Waals surface area contributed by atoms with Crippen molar-refractivity contribution in [2.24, 2.45) is 5.92 Å². The number of piperidine rings is 1. The monoisotopic (exact) mass is 445 g/mol. The number of carbonyl (C=O) groups excluding carboxylic acids is 1. The molecule has 1 aliphatic heterocycles. The van der Waals surface area contributed by atoms with Gasteiger partial charge >= 0.3 is 0 Å². The minimum atomic E-state index is -0.354. The Hall–Kier alpha value is -3.38. The second kappa shape index (κ2) is 11.5. The highest BCUT2D eigenvalue weighted by atomic mass is 16.5. The van der Waals surface area contributed by atoms with E-state index in [2.05, 4.69) is 15.2 Å². The molecule has 1 saturated heterocycles. The number of pyridine rings is 1. The van der Waals surface area contributed by atoms with E-state index in [-0.39, 0.29) is 17.9 Å². The van der Waals surface area contributed by atoms with E-state index < -0.39 is 0 Å². The number of carbonyl (C=O) groups is 1. The minimum absolute atomic E-state index is 0.0165. The number of rotatable bonds is 9. The van der Waals surface area contributed by atoms with E-state index in [1.165, 1.54) is 0 Å². The molecule has 172 valence electrons. The van der Waals surface area contributed by atoms with Crippen molar-refractivity contribution in [2.45, 2.75) is 18.9 Å². The zero-order chi connectivity index (χ0) is 22.9. The fourth-order valence-electron chi connectivity index (χ4n) is 4.25. The Kier molecular flexibility index (Phi) is 7.93. The molecule has 33 heavy (non-hydrogen) atoms. The second-order valence-electron chi connectivity index (χ2n) is 8.22. The highest BCUT2D eigenvalue weighted by molar-refractivity contribution is 5.79. The normalized spacial score (nSPS) is 15.5. The number of likely N-dealkylation sites (tertiary alicyclic amines) is 1. The van der Waals surface area contributed by atoms with Crippen molar-refractivity contribution in [2.75, 3.05) is 33.4 Å². The zero-order valence-corrected chi connectivity index (χ0v) is 19.0. The number of nitrogens with one attached hydrogen (secondary N) is 1. The molecule has 0 saturated carbocycles. The lowest BCUT2D eigenvalue weighted by atomic mass is 9.94. The Morgan fingerprint density at radius 2 is 1.76 bits per heavy atom. The van der Waals surface area contributed by atoms with Crippen molar-refractivity contribution >= 4 is 5.91 Å². The number of hydrogen-bond donors (Lipinski definition) is 1. The second-order valence-corrected chi connectivity index (χ2v) is 8.22. The van der Waals surface area contributed by atoms with Crippen molar-refractivity contribution < 1.29 is 14.3 Å². The molecule has 0 radical (unpaired) electrons. The Bertz CT molecular complexity index is 1010. The van der Waals surface area contributed by atoms with Crippen LogP contribution in [-0.2, 0) is 4.79 Å². The fourth-order valence-corrected chi connectivity index (χ4v) is 4.25. The van der Waals surface area contributed by atoms with Crippen LogP contribution in [0.2, 0.25) is 0 Å². The van der Waals surface area contributed by atoms with Gasteiger partial charge in [-0.1, -0.05) is 42.5 Å². The summed E-state index contributed by atoms with van der Waals surface area (Å²) in [4.78, 5) is 20.1. The lowest BCUT2D eigenvalue weighted by Gasteiger charge is -2.32. The average molecular weight is 446 g/mol. The number of hydrogen-bond acceptors (Lipinski definition) is 5. The zero-order valence-electron chi connectivity index (χ0n) is 19.0. The third-order valence-corrected chi connectivity index (χ3v) is 6.10. The van der Waals surface area contributed by atoms with Crippen LogP contribution in [0, 0.1) is 5.92 Å². The van der Waals surface area contributed by atoms with Gasteiger partial charge in [0.25, 0.3) is 0 Å². The van der Waals surface area contributed by atoms with E-state index in [1.807, 2.05) is 72.8 Å². The van der Waals surface area contributed by atoms with Gasteiger partial charge in [-0.15, -0.1) is 0 Å². The summed E-state index contributed by atoms with van der Waals surface area (Å²) in [6.07, 6.45) is 3.41. The number of aromatic nitrogens is 1. The molecular weight excluding hydrogens is 414 g/mol. The van der Waals surface area contributed by atoms with Gasteiger partial charge in [-0.05, 0) is 56.3 Å². The number of para-hydroxylation sites is 2. The van der Waals surface area contributed by atoms with Gasteiger partial charge in [0.1, 0.15) is 18.1 Å². The summed E-state index contributed by atoms with van der Waals surface area (Å²) in [7, 11) is 1.65. The van der Waals surface area contributed by atoms with Gasteiger partial charge in [0.05, 0.1) is 18.8 Å². The Morgan fingerprint density at radius 3 is 2.48 bits per heavy atom. The number of benzene rings is 2. The standard InChI is InChI=1S/C27H31N3O3/c1-32-25-13-6-5-11-23(25)26(24-12-7-8-16-28-24)29-27(31)21-14-17-30(18-15-21)19-20-33-22-9-3-2-4-10-22/h2-13,16,21,26H,14-15,17-20H2,1H3,(H,29,31).